The molecule has 2 rings (SSSR count). The number of halogens is 1. The Morgan fingerprint density at radius 3 is 2.82 bits per heavy atom. The third-order valence-corrected chi connectivity index (χ3v) is 3.83. The second-order valence-corrected chi connectivity index (χ2v) is 6.13. The van der Waals surface area contributed by atoms with Crippen LogP contribution in [0.3, 0.4) is 0 Å². The van der Waals surface area contributed by atoms with Crippen LogP contribution in [-0.4, -0.2) is 42.5 Å². The summed E-state index contributed by atoms with van der Waals surface area (Å²) >= 11 is 1.66. The average molecular weight is 437 g/mol. The Bertz CT molecular complexity index is 501. The number of guanidine groups is 1. The SMILES string of the molecule is CCNC(=NCC(=O)NC1CC1)NCCc1csc(C)n1.I. The monoisotopic (exact) mass is 437 g/mol. The molecule has 1 amide bonds. The van der Waals surface area contributed by atoms with E-state index in [1.54, 1.807) is 11.3 Å². The normalized spacial score (nSPS) is 14.2. The highest BCUT2D eigenvalue weighted by molar-refractivity contribution is 14.0. The molecule has 1 heterocycles. The highest BCUT2D eigenvalue weighted by Gasteiger charge is 2.22. The Morgan fingerprint density at radius 2 is 2.23 bits per heavy atom. The summed E-state index contributed by atoms with van der Waals surface area (Å²) in [6.45, 7) is 5.70. The van der Waals surface area contributed by atoms with Gasteiger partial charge in [-0.3, -0.25) is 4.79 Å². The molecule has 124 valence electrons. The average Bonchev–Trinajstić information content (AvgIpc) is 3.16. The van der Waals surface area contributed by atoms with Crippen LogP contribution in [0.15, 0.2) is 10.4 Å². The number of aliphatic imine (C=N–C) groups is 1. The first-order chi connectivity index (χ1) is 10.2. The molecule has 1 aromatic heterocycles. The summed E-state index contributed by atoms with van der Waals surface area (Å²) in [6.07, 6.45) is 3.05. The number of amides is 1. The van der Waals surface area contributed by atoms with Crippen LogP contribution >= 0.6 is 35.3 Å². The van der Waals surface area contributed by atoms with Gasteiger partial charge in [-0.05, 0) is 26.7 Å². The van der Waals surface area contributed by atoms with Crippen LogP contribution < -0.4 is 16.0 Å². The zero-order valence-corrected chi connectivity index (χ0v) is 16.2. The summed E-state index contributed by atoms with van der Waals surface area (Å²) in [5, 5.41) is 12.5. The number of aryl methyl sites for hydroxylation is 1. The van der Waals surface area contributed by atoms with Gasteiger partial charge in [-0.2, -0.15) is 0 Å². The van der Waals surface area contributed by atoms with E-state index in [1.807, 2.05) is 13.8 Å². The van der Waals surface area contributed by atoms with Crippen LogP contribution in [0.4, 0.5) is 0 Å². The van der Waals surface area contributed by atoms with E-state index in [9.17, 15) is 4.79 Å². The fourth-order valence-corrected chi connectivity index (χ4v) is 2.47. The molecule has 1 aliphatic rings. The first kappa shape index (κ1) is 19.1. The number of rotatable bonds is 7. The summed E-state index contributed by atoms with van der Waals surface area (Å²) in [6, 6.07) is 0.385. The molecule has 0 bridgehead atoms. The van der Waals surface area contributed by atoms with Crippen molar-refractivity contribution in [2.24, 2.45) is 4.99 Å². The summed E-state index contributed by atoms with van der Waals surface area (Å²) in [5.74, 6) is 0.667. The Labute approximate surface area is 152 Å². The minimum Gasteiger partial charge on any atom is -0.357 e. The van der Waals surface area contributed by atoms with E-state index in [1.165, 1.54) is 0 Å². The van der Waals surface area contributed by atoms with Crippen LogP contribution in [0.2, 0.25) is 0 Å². The lowest BCUT2D eigenvalue weighted by molar-refractivity contribution is -0.119. The summed E-state index contributed by atoms with van der Waals surface area (Å²) in [7, 11) is 0. The van der Waals surface area contributed by atoms with Crippen molar-refractivity contribution in [3.63, 3.8) is 0 Å². The van der Waals surface area contributed by atoms with Crippen LogP contribution in [0.1, 0.15) is 30.5 Å². The van der Waals surface area contributed by atoms with Gasteiger partial charge in [0.05, 0.1) is 10.7 Å². The highest BCUT2D eigenvalue weighted by atomic mass is 127. The van der Waals surface area contributed by atoms with Crippen LogP contribution in [0.5, 0.6) is 0 Å². The Morgan fingerprint density at radius 1 is 1.45 bits per heavy atom. The Kier molecular flexibility index (Phi) is 8.69. The molecule has 1 aliphatic carbocycles. The molecular formula is C14H24IN5OS. The first-order valence-electron chi connectivity index (χ1n) is 7.40. The van der Waals surface area contributed by atoms with Crippen molar-refractivity contribution in [1.29, 1.82) is 0 Å². The lowest BCUT2D eigenvalue weighted by Crippen LogP contribution is -2.39. The molecule has 0 aromatic carbocycles. The minimum absolute atomic E-state index is 0. The van der Waals surface area contributed by atoms with Gasteiger partial charge in [0.25, 0.3) is 0 Å². The Balaban J connectivity index is 0.00000242. The van der Waals surface area contributed by atoms with Gasteiger partial charge in [-0.15, -0.1) is 35.3 Å². The van der Waals surface area contributed by atoms with E-state index in [0.717, 1.165) is 43.1 Å². The van der Waals surface area contributed by atoms with Crippen LogP contribution in [0, 0.1) is 6.92 Å². The van der Waals surface area contributed by atoms with Gasteiger partial charge < -0.3 is 16.0 Å². The van der Waals surface area contributed by atoms with E-state index in [4.69, 9.17) is 0 Å². The maximum Gasteiger partial charge on any atom is 0.242 e. The lowest BCUT2D eigenvalue weighted by Gasteiger charge is -2.10. The molecule has 0 saturated heterocycles. The molecule has 0 aliphatic heterocycles. The molecule has 1 aromatic rings. The summed E-state index contributed by atoms with van der Waals surface area (Å²) in [4.78, 5) is 20.3. The molecule has 0 spiro atoms. The van der Waals surface area contributed by atoms with Crippen molar-refractivity contribution in [3.8, 4) is 0 Å². The quantitative estimate of drug-likeness (QED) is 0.343. The highest BCUT2D eigenvalue weighted by Crippen LogP contribution is 2.18. The van der Waals surface area contributed by atoms with Crippen molar-refractivity contribution in [3.05, 3.63) is 16.1 Å². The second-order valence-electron chi connectivity index (χ2n) is 5.07. The number of carbonyl (C=O) groups is 1. The van der Waals surface area contributed by atoms with Crippen LogP contribution in [0.25, 0.3) is 0 Å². The lowest BCUT2D eigenvalue weighted by atomic mass is 10.3. The van der Waals surface area contributed by atoms with Crippen molar-refractivity contribution >= 4 is 47.2 Å². The molecular weight excluding hydrogens is 413 g/mol. The largest absolute Gasteiger partial charge is 0.357 e. The van der Waals surface area contributed by atoms with Crippen molar-refractivity contribution in [1.82, 2.24) is 20.9 Å². The molecule has 0 radical (unpaired) electrons. The molecule has 6 nitrogen and oxygen atoms in total. The standard InChI is InChI=1S/C14H23N5OS.HI/c1-3-15-14(17-8-13(20)19-11-4-5-11)16-7-6-12-9-21-10(2)18-12;/h9,11H,3-8H2,1-2H3,(H,19,20)(H2,15,16,17);1H. The molecule has 0 unspecified atom stereocenters. The third kappa shape index (κ3) is 7.39. The smallest absolute Gasteiger partial charge is 0.242 e. The van der Waals surface area contributed by atoms with Gasteiger partial charge >= 0.3 is 0 Å². The number of aromatic nitrogens is 1. The van der Waals surface area contributed by atoms with E-state index in [2.05, 4.69) is 31.3 Å². The number of carbonyl (C=O) groups excluding carboxylic acids is 1. The van der Waals surface area contributed by atoms with E-state index < -0.39 is 0 Å². The molecule has 1 fully saturated rings. The van der Waals surface area contributed by atoms with E-state index in [-0.39, 0.29) is 36.4 Å². The predicted octanol–water partition coefficient (Wildman–Crippen LogP) is 1.45. The van der Waals surface area contributed by atoms with Gasteiger partial charge in [0.2, 0.25) is 5.91 Å². The predicted molar refractivity (Wildman–Crippen MR) is 101 cm³/mol. The van der Waals surface area contributed by atoms with Gasteiger partial charge in [-0.25, -0.2) is 9.98 Å². The van der Waals surface area contributed by atoms with Gasteiger partial charge in [0, 0.05) is 30.9 Å². The summed E-state index contributed by atoms with van der Waals surface area (Å²) < 4.78 is 0. The molecule has 1 saturated carbocycles. The third-order valence-electron chi connectivity index (χ3n) is 3.01. The van der Waals surface area contributed by atoms with E-state index >= 15 is 0 Å². The van der Waals surface area contributed by atoms with Crippen LogP contribution in [-0.2, 0) is 11.2 Å². The summed E-state index contributed by atoms with van der Waals surface area (Å²) in [5.41, 5.74) is 1.09. The molecule has 3 N–H and O–H groups in total. The molecule has 8 heteroatoms. The second kappa shape index (κ2) is 9.98. The molecule has 22 heavy (non-hydrogen) atoms. The zero-order valence-electron chi connectivity index (χ0n) is 13.0. The maximum atomic E-state index is 11.6. The zero-order chi connectivity index (χ0) is 15.1. The number of hydrogen-bond donors (Lipinski definition) is 3. The van der Waals surface area contributed by atoms with Crippen molar-refractivity contribution in [2.75, 3.05) is 19.6 Å². The number of thiazole rings is 1. The first-order valence-corrected chi connectivity index (χ1v) is 8.28. The Hall–Kier alpha value is -0.900. The number of nitrogens with one attached hydrogen (secondary N) is 3. The van der Waals surface area contributed by atoms with Crippen molar-refractivity contribution < 1.29 is 4.79 Å². The minimum atomic E-state index is -0.00942. The number of hydrogen-bond acceptors (Lipinski definition) is 4. The fraction of sp³-hybridized carbons (Fsp3) is 0.643. The topological polar surface area (TPSA) is 78.4 Å². The van der Waals surface area contributed by atoms with Gasteiger partial charge in [-0.1, -0.05) is 0 Å². The number of nitrogens with zero attached hydrogens (tertiary/aromatic N) is 2. The van der Waals surface area contributed by atoms with Gasteiger partial charge in [0.1, 0.15) is 6.54 Å². The molecule has 0 atom stereocenters. The van der Waals surface area contributed by atoms with Crippen molar-refractivity contribution in [2.45, 2.75) is 39.2 Å². The maximum absolute atomic E-state index is 11.6. The van der Waals surface area contributed by atoms with E-state index in [0.29, 0.717) is 12.0 Å². The van der Waals surface area contributed by atoms with Gasteiger partial charge in [0.15, 0.2) is 5.96 Å². The fourth-order valence-electron chi connectivity index (χ4n) is 1.83.